The number of benzene rings is 1. The van der Waals surface area contributed by atoms with E-state index in [9.17, 15) is 0 Å². The first kappa shape index (κ1) is 8.74. The van der Waals surface area contributed by atoms with Gasteiger partial charge in [0.1, 0.15) is 11.6 Å². The summed E-state index contributed by atoms with van der Waals surface area (Å²) >= 11 is 0. The molecule has 1 aromatic carbocycles. The number of H-pyrrole nitrogens is 1. The van der Waals surface area contributed by atoms with Gasteiger partial charge in [-0.25, -0.2) is 4.98 Å². The molecule has 1 N–H and O–H groups in total. The molecule has 16 heavy (non-hydrogen) atoms. The Hall–Kier alpha value is -2.54. The van der Waals surface area contributed by atoms with Gasteiger partial charge in [0.25, 0.3) is 0 Å². The summed E-state index contributed by atoms with van der Waals surface area (Å²) in [4.78, 5) is 7.47. The van der Waals surface area contributed by atoms with E-state index < -0.39 is 0 Å². The van der Waals surface area contributed by atoms with Crippen molar-refractivity contribution in [1.82, 2.24) is 9.97 Å². The van der Waals surface area contributed by atoms with Crippen molar-refractivity contribution in [2.24, 2.45) is 0 Å². The number of para-hydroxylation sites is 1. The van der Waals surface area contributed by atoms with Crippen LogP contribution in [0.4, 0.5) is 0 Å². The first-order chi connectivity index (χ1) is 7.88. The molecule has 3 rings (SSSR count). The van der Waals surface area contributed by atoms with Crippen LogP contribution in [0, 0.1) is 11.3 Å². The van der Waals surface area contributed by atoms with Crippen LogP contribution in [0.5, 0.6) is 0 Å². The zero-order valence-electron chi connectivity index (χ0n) is 8.27. The standard InChI is InChI=1S/C12H7N3O/c13-7-8-3-1-4-9-11(8)15-12(14-9)10-5-2-6-16-10/h1-6H,(H,14,15). The van der Waals surface area contributed by atoms with Gasteiger partial charge in [-0.05, 0) is 24.3 Å². The largest absolute Gasteiger partial charge is 0.461 e. The maximum absolute atomic E-state index is 8.95. The van der Waals surface area contributed by atoms with Crippen molar-refractivity contribution in [1.29, 1.82) is 5.26 Å². The van der Waals surface area contributed by atoms with Crippen LogP contribution in [0.3, 0.4) is 0 Å². The monoisotopic (exact) mass is 209 g/mol. The number of nitriles is 1. The van der Waals surface area contributed by atoms with E-state index in [1.807, 2.05) is 18.2 Å². The molecule has 0 radical (unpaired) electrons. The molecule has 0 atom stereocenters. The summed E-state index contributed by atoms with van der Waals surface area (Å²) in [6.45, 7) is 0. The molecule has 0 amide bonds. The Kier molecular flexibility index (Phi) is 1.77. The average molecular weight is 209 g/mol. The normalized spacial score (nSPS) is 10.4. The first-order valence-corrected chi connectivity index (χ1v) is 4.81. The van der Waals surface area contributed by atoms with Gasteiger partial charge < -0.3 is 9.40 Å². The maximum Gasteiger partial charge on any atom is 0.174 e. The van der Waals surface area contributed by atoms with E-state index in [4.69, 9.17) is 9.68 Å². The van der Waals surface area contributed by atoms with Crippen LogP contribution in [-0.4, -0.2) is 9.97 Å². The molecular formula is C12H7N3O. The molecule has 0 unspecified atom stereocenters. The number of hydrogen-bond acceptors (Lipinski definition) is 3. The fourth-order valence-electron chi connectivity index (χ4n) is 1.65. The summed E-state index contributed by atoms with van der Waals surface area (Å²) in [6.07, 6.45) is 1.59. The van der Waals surface area contributed by atoms with Crippen molar-refractivity contribution in [2.75, 3.05) is 0 Å². The molecule has 0 saturated heterocycles. The lowest BCUT2D eigenvalue weighted by Crippen LogP contribution is -1.77. The van der Waals surface area contributed by atoms with Gasteiger partial charge in [-0.3, -0.25) is 0 Å². The average Bonchev–Trinajstić information content (AvgIpc) is 2.96. The molecule has 0 aliphatic heterocycles. The Morgan fingerprint density at radius 3 is 2.94 bits per heavy atom. The number of aromatic nitrogens is 2. The zero-order chi connectivity index (χ0) is 11.0. The van der Waals surface area contributed by atoms with Crippen LogP contribution < -0.4 is 0 Å². The van der Waals surface area contributed by atoms with Gasteiger partial charge in [-0.1, -0.05) is 6.07 Å². The molecule has 3 aromatic rings. The summed E-state index contributed by atoms with van der Waals surface area (Å²) in [5, 5.41) is 8.95. The summed E-state index contributed by atoms with van der Waals surface area (Å²) in [7, 11) is 0. The van der Waals surface area contributed by atoms with Crippen LogP contribution in [0.15, 0.2) is 41.0 Å². The molecule has 4 heteroatoms. The predicted molar refractivity (Wildman–Crippen MR) is 58.5 cm³/mol. The lowest BCUT2D eigenvalue weighted by atomic mass is 10.2. The molecule has 4 nitrogen and oxygen atoms in total. The molecule has 0 bridgehead atoms. The quantitative estimate of drug-likeness (QED) is 0.670. The highest BCUT2D eigenvalue weighted by Gasteiger charge is 2.09. The molecule has 0 fully saturated rings. The SMILES string of the molecule is N#Cc1cccc2[nH]c(-c3ccco3)nc12. The third-order valence-electron chi connectivity index (χ3n) is 2.39. The zero-order valence-corrected chi connectivity index (χ0v) is 8.27. The van der Waals surface area contributed by atoms with Crippen LogP contribution in [0.1, 0.15) is 5.56 Å². The number of furan rings is 1. The second kappa shape index (κ2) is 3.24. The van der Waals surface area contributed by atoms with E-state index in [0.717, 1.165) is 5.52 Å². The smallest absolute Gasteiger partial charge is 0.174 e. The minimum absolute atomic E-state index is 0.562. The fourth-order valence-corrected chi connectivity index (χ4v) is 1.65. The minimum Gasteiger partial charge on any atom is -0.461 e. The molecule has 2 heterocycles. The Morgan fingerprint density at radius 2 is 2.19 bits per heavy atom. The number of aromatic amines is 1. The van der Waals surface area contributed by atoms with Crippen molar-refractivity contribution in [2.45, 2.75) is 0 Å². The second-order valence-electron chi connectivity index (χ2n) is 3.38. The molecule has 76 valence electrons. The highest BCUT2D eigenvalue weighted by Crippen LogP contribution is 2.22. The number of fused-ring (bicyclic) bond motifs is 1. The minimum atomic E-state index is 0.562. The van der Waals surface area contributed by atoms with Gasteiger partial charge >= 0.3 is 0 Å². The van der Waals surface area contributed by atoms with E-state index in [2.05, 4.69) is 16.0 Å². The van der Waals surface area contributed by atoms with Crippen molar-refractivity contribution in [3.63, 3.8) is 0 Å². The van der Waals surface area contributed by atoms with Crippen LogP contribution in [-0.2, 0) is 0 Å². The van der Waals surface area contributed by atoms with Crippen LogP contribution >= 0.6 is 0 Å². The number of nitrogens with zero attached hydrogens (tertiary/aromatic N) is 2. The third-order valence-corrected chi connectivity index (χ3v) is 2.39. The van der Waals surface area contributed by atoms with Crippen LogP contribution in [0.2, 0.25) is 0 Å². The second-order valence-corrected chi connectivity index (χ2v) is 3.38. The fraction of sp³-hybridized carbons (Fsp3) is 0. The summed E-state index contributed by atoms with van der Waals surface area (Å²) in [6, 6.07) is 11.2. The Balaban J connectivity index is 2.28. The summed E-state index contributed by atoms with van der Waals surface area (Å²) < 4.78 is 5.25. The Labute approximate surface area is 91.2 Å². The lowest BCUT2D eigenvalue weighted by molar-refractivity contribution is 0.578. The van der Waals surface area contributed by atoms with Gasteiger partial charge in [0, 0.05) is 0 Å². The first-order valence-electron chi connectivity index (χ1n) is 4.81. The topological polar surface area (TPSA) is 65.6 Å². The molecule has 0 aliphatic rings. The molecule has 2 aromatic heterocycles. The highest BCUT2D eigenvalue weighted by molar-refractivity contribution is 5.83. The van der Waals surface area contributed by atoms with Crippen molar-refractivity contribution in [3.05, 3.63) is 42.2 Å². The molecule has 0 spiro atoms. The number of hydrogen-bond donors (Lipinski definition) is 1. The number of imidazole rings is 1. The molecule has 0 saturated carbocycles. The van der Waals surface area contributed by atoms with Crippen molar-refractivity contribution in [3.8, 4) is 17.7 Å². The number of rotatable bonds is 1. The predicted octanol–water partition coefficient (Wildman–Crippen LogP) is 2.69. The molecule has 0 aliphatic carbocycles. The molecular weight excluding hydrogens is 202 g/mol. The Bertz CT molecular complexity index is 674. The van der Waals surface area contributed by atoms with Crippen molar-refractivity contribution < 1.29 is 4.42 Å². The van der Waals surface area contributed by atoms with E-state index >= 15 is 0 Å². The maximum atomic E-state index is 8.95. The van der Waals surface area contributed by atoms with Gasteiger partial charge in [0.05, 0.1) is 17.3 Å². The Morgan fingerprint density at radius 1 is 1.25 bits per heavy atom. The van der Waals surface area contributed by atoms with E-state index in [-0.39, 0.29) is 0 Å². The van der Waals surface area contributed by atoms with Gasteiger partial charge in [0.2, 0.25) is 0 Å². The van der Waals surface area contributed by atoms with Crippen molar-refractivity contribution >= 4 is 11.0 Å². The number of nitrogens with one attached hydrogen (secondary N) is 1. The van der Waals surface area contributed by atoms with E-state index in [1.54, 1.807) is 18.4 Å². The summed E-state index contributed by atoms with van der Waals surface area (Å²) in [5.74, 6) is 1.31. The van der Waals surface area contributed by atoms with E-state index in [0.29, 0.717) is 22.7 Å². The van der Waals surface area contributed by atoms with Gasteiger partial charge in [-0.2, -0.15) is 5.26 Å². The van der Waals surface area contributed by atoms with Gasteiger partial charge in [0.15, 0.2) is 11.6 Å². The van der Waals surface area contributed by atoms with Crippen LogP contribution in [0.25, 0.3) is 22.6 Å². The highest BCUT2D eigenvalue weighted by atomic mass is 16.3. The third kappa shape index (κ3) is 1.19. The summed E-state index contributed by atoms with van der Waals surface area (Å²) in [5.41, 5.74) is 2.08. The van der Waals surface area contributed by atoms with Gasteiger partial charge in [-0.15, -0.1) is 0 Å². The van der Waals surface area contributed by atoms with E-state index in [1.165, 1.54) is 0 Å². The lowest BCUT2D eigenvalue weighted by Gasteiger charge is -1.87.